The zero-order valence-corrected chi connectivity index (χ0v) is 12.0. The number of ketones is 1. The Kier molecular flexibility index (Phi) is 3.02. The Bertz CT molecular complexity index is 614. The molecule has 1 unspecified atom stereocenters. The summed E-state index contributed by atoms with van der Waals surface area (Å²) in [4.78, 5) is 12.1. The average Bonchev–Trinajstić information content (AvgIpc) is 2.65. The number of carbonyl (C=O) groups is 1. The maximum Gasteiger partial charge on any atom is 0.155 e. The Balaban J connectivity index is 2.15. The smallest absolute Gasteiger partial charge is 0.155 e. The van der Waals surface area contributed by atoms with Gasteiger partial charge in [-0.3, -0.25) is 4.79 Å². The van der Waals surface area contributed by atoms with Gasteiger partial charge in [0, 0.05) is 27.5 Å². The molecule has 0 radical (unpaired) electrons. The number of aryl methyl sites for hydroxylation is 1. The van der Waals surface area contributed by atoms with Crippen LogP contribution in [0.3, 0.4) is 0 Å². The number of aromatic nitrogens is 1. The molecule has 1 fully saturated rings. The number of carbonyl (C=O) groups excluding carboxylic acids is 1. The van der Waals surface area contributed by atoms with Crippen LogP contribution < -0.4 is 0 Å². The van der Waals surface area contributed by atoms with Crippen LogP contribution in [-0.2, 0) is 4.79 Å². The first kappa shape index (κ1) is 12.0. The van der Waals surface area contributed by atoms with Gasteiger partial charge in [0.25, 0.3) is 0 Å². The van der Waals surface area contributed by atoms with Gasteiger partial charge in [-0.2, -0.15) is 0 Å². The van der Waals surface area contributed by atoms with E-state index in [1.807, 2.05) is 6.07 Å². The van der Waals surface area contributed by atoms with Crippen molar-refractivity contribution in [1.29, 1.82) is 0 Å². The van der Waals surface area contributed by atoms with Crippen molar-refractivity contribution in [2.24, 2.45) is 0 Å². The lowest BCUT2D eigenvalue weighted by Gasteiger charge is -2.24. The maximum absolute atomic E-state index is 12.1. The van der Waals surface area contributed by atoms with Crippen molar-refractivity contribution in [2.45, 2.75) is 38.6 Å². The van der Waals surface area contributed by atoms with E-state index in [4.69, 9.17) is 0 Å². The number of hydrogen-bond acceptors (Lipinski definition) is 1. The fourth-order valence-electron chi connectivity index (χ4n) is 3.00. The van der Waals surface area contributed by atoms with Gasteiger partial charge >= 0.3 is 0 Å². The first-order valence-electron chi connectivity index (χ1n) is 6.46. The van der Waals surface area contributed by atoms with Gasteiger partial charge in [-0.1, -0.05) is 22.4 Å². The second kappa shape index (κ2) is 4.54. The van der Waals surface area contributed by atoms with Crippen LogP contribution >= 0.6 is 15.9 Å². The van der Waals surface area contributed by atoms with Crippen LogP contribution in [0.25, 0.3) is 10.9 Å². The highest BCUT2D eigenvalue weighted by Gasteiger charge is 2.25. The topological polar surface area (TPSA) is 22.0 Å². The molecule has 0 spiro atoms. The SMILES string of the molecule is Cc1cc2cc(Br)ccc2n1C1CCCCC1=O. The molecule has 0 aliphatic heterocycles. The van der Waals surface area contributed by atoms with Crippen molar-refractivity contribution >= 4 is 32.6 Å². The van der Waals surface area contributed by atoms with E-state index >= 15 is 0 Å². The van der Waals surface area contributed by atoms with Crippen LogP contribution in [-0.4, -0.2) is 10.4 Å². The van der Waals surface area contributed by atoms with Crippen molar-refractivity contribution in [1.82, 2.24) is 4.57 Å². The van der Waals surface area contributed by atoms with E-state index in [0.29, 0.717) is 5.78 Å². The molecule has 1 heterocycles. The molecule has 1 aliphatic carbocycles. The van der Waals surface area contributed by atoms with Crippen LogP contribution in [0.15, 0.2) is 28.7 Å². The summed E-state index contributed by atoms with van der Waals surface area (Å²) in [6.07, 6.45) is 3.94. The summed E-state index contributed by atoms with van der Waals surface area (Å²) < 4.78 is 3.31. The molecule has 3 heteroatoms. The minimum absolute atomic E-state index is 0.0532. The second-order valence-electron chi connectivity index (χ2n) is 5.09. The second-order valence-corrected chi connectivity index (χ2v) is 6.00. The number of fused-ring (bicyclic) bond motifs is 1. The van der Waals surface area contributed by atoms with Crippen LogP contribution in [0.5, 0.6) is 0 Å². The summed E-state index contributed by atoms with van der Waals surface area (Å²) in [5, 5.41) is 1.21. The number of rotatable bonds is 1. The van der Waals surface area contributed by atoms with Gasteiger partial charge in [0.1, 0.15) is 0 Å². The molecule has 3 rings (SSSR count). The standard InChI is InChI=1S/C15H16BrNO/c1-10-8-11-9-12(16)6-7-13(11)17(10)14-4-2-3-5-15(14)18/h6-9,14H,2-5H2,1H3. The Hall–Kier alpha value is -1.09. The van der Waals surface area contributed by atoms with Gasteiger partial charge < -0.3 is 4.57 Å². The van der Waals surface area contributed by atoms with Crippen molar-refractivity contribution in [3.8, 4) is 0 Å². The molecule has 1 atom stereocenters. The molecular weight excluding hydrogens is 290 g/mol. The van der Waals surface area contributed by atoms with Crippen molar-refractivity contribution in [2.75, 3.05) is 0 Å². The molecule has 0 N–H and O–H groups in total. The van der Waals surface area contributed by atoms with E-state index in [9.17, 15) is 4.79 Å². The van der Waals surface area contributed by atoms with E-state index < -0.39 is 0 Å². The summed E-state index contributed by atoms with van der Waals surface area (Å²) in [6, 6.07) is 8.49. The van der Waals surface area contributed by atoms with Gasteiger partial charge in [-0.05, 0) is 44.0 Å². The predicted octanol–water partition coefficient (Wildman–Crippen LogP) is 4.40. The molecule has 1 aromatic heterocycles. The minimum Gasteiger partial charge on any atom is -0.334 e. The molecule has 0 bridgehead atoms. The summed E-state index contributed by atoms with van der Waals surface area (Å²) in [6.45, 7) is 2.09. The van der Waals surface area contributed by atoms with E-state index in [1.165, 1.54) is 16.6 Å². The lowest BCUT2D eigenvalue weighted by atomic mass is 9.93. The Morgan fingerprint density at radius 3 is 2.89 bits per heavy atom. The predicted molar refractivity (Wildman–Crippen MR) is 76.9 cm³/mol. The largest absolute Gasteiger partial charge is 0.334 e. The first-order valence-corrected chi connectivity index (χ1v) is 7.26. The zero-order valence-electron chi connectivity index (χ0n) is 10.4. The molecule has 1 aliphatic rings. The van der Waals surface area contributed by atoms with Crippen molar-refractivity contribution in [3.63, 3.8) is 0 Å². The summed E-state index contributed by atoms with van der Waals surface area (Å²) in [5.74, 6) is 0.393. The Labute approximate surface area is 115 Å². The van der Waals surface area contributed by atoms with E-state index in [1.54, 1.807) is 0 Å². The summed E-state index contributed by atoms with van der Waals surface area (Å²) in [5.41, 5.74) is 2.36. The molecule has 1 aromatic carbocycles. The summed E-state index contributed by atoms with van der Waals surface area (Å²) in [7, 11) is 0. The molecule has 0 amide bonds. The Morgan fingerprint density at radius 2 is 2.11 bits per heavy atom. The van der Waals surface area contributed by atoms with Crippen molar-refractivity contribution in [3.05, 3.63) is 34.4 Å². The third kappa shape index (κ3) is 1.91. The van der Waals surface area contributed by atoms with Crippen LogP contribution in [0.1, 0.15) is 37.4 Å². The number of nitrogens with zero attached hydrogens (tertiary/aromatic N) is 1. The highest BCUT2D eigenvalue weighted by Crippen LogP contribution is 2.32. The molecular formula is C15H16BrNO. The third-order valence-electron chi connectivity index (χ3n) is 3.83. The lowest BCUT2D eigenvalue weighted by molar-refractivity contribution is -0.123. The summed E-state index contributed by atoms with van der Waals surface area (Å²) >= 11 is 3.50. The molecule has 1 saturated carbocycles. The quantitative estimate of drug-likeness (QED) is 0.765. The maximum atomic E-state index is 12.1. The molecule has 2 aromatic rings. The van der Waals surface area contributed by atoms with E-state index in [0.717, 1.165) is 30.2 Å². The fraction of sp³-hybridized carbons (Fsp3) is 0.400. The first-order chi connectivity index (χ1) is 8.66. The molecule has 94 valence electrons. The monoisotopic (exact) mass is 305 g/mol. The van der Waals surface area contributed by atoms with E-state index in [-0.39, 0.29) is 6.04 Å². The average molecular weight is 306 g/mol. The third-order valence-corrected chi connectivity index (χ3v) is 4.32. The number of Topliss-reactive ketones (excluding diaryl/α,β-unsaturated/α-hetero) is 1. The van der Waals surface area contributed by atoms with Crippen LogP contribution in [0.2, 0.25) is 0 Å². The molecule has 2 nitrogen and oxygen atoms in total. The van der Waals surface area contributed by atoms with Gasteiger partial charge in [-0.25, -0.2) is 0 Å². The van der Waals surface area contributed by atoms with Crippen LogP contribution in [0.4, 0.5) is 0 Å². The van der Waals surface area contributed by atoms with Crippen molar-refractivity contribution < 1.29 is 4.79 Å². The number of benzene rings is 1. The van der Waals surface area contributed by atoms with Gasteiger partial charge in [0.2, 0.25) is 0 Å². The number of halogens is 1. The van der Waals surface area contributed by atoms with Gasteiger partial charge in [-0.15, -0.1) is 0 Å². The fourth-order valence-corrected chi connectivity index (χ4v) is 3.38. The normalized spacial score (nSPS) is 20.6. The number of hydrogen-bond donors (Lipinski definition) is 0. The van der Waals surface area contributed by atoms with Gasteiger partial charge in [0.05, 0.1) is 6.04 Å². The molecule has 0 saturated heterocycles. The lowest BCUT2D eigenvalue weighted by Crippen LogP contribution is -2.23. The van der Waals surface area contributed by atoms with E-state index in [2.05, 4.69) is 45.6 Å². The zero-order chi connectivity index (χ0) is 12.7. The molecule has 18 heavy (non-hydrogen) atoms. The van der Waals surface area contributed by atoms with Crippen LogP contribution in [0, 0.1) is 6.92 Å². The Morgan fingerprint density at radius 1 is 1.28 bits per heavy atom. The highest BCUT2D eigenvalue weighted by molar-refractivity contribution is 9.10. The highest BCUT2D eigenvalue weighted by atomic mass is 79.9. The minimum atomic E-state index is 0.0532. The van der Waals surface area contributed by atoms with Gasteiger partial charge in [0.15, 0.2) is 5.78 Å².